The lowest BCUT2D eigenvalue weighted by Crippen LogP contribution is -2.41. The van der Waals surface area contributed by atoms with Gasteiger partial charge in [-0.25, -0.2) is 8.78 Å². The summed E-state index contributed by atoms with van der Waals surface area (Å²) >= 11 is 1.54. The maximum Gasteiger partial charge on any atom is 0.263 e. The summed E-state index contributed by atoms with van der Waals surface area (Å²) in [5.74, 6) is -2.44. The number of likely N-dealkylation sites (N-methyl/N-ethyl adjacent to an activating group) is 1. The first kappa shape index (κ1) is 22.9. The van der Waals surface area contributed by atoms with Gasteiger partial charge in [0.2, 0.25) is 0 Å². The second kappa shape index (κ2) is 8.92. The fraction of sp³-hybridized carbons (Fsp3) is 0.250. The van der Waals surface area contributed by atoms with E-state index in [4.69, 9.17) is 5.73 Å². The van der Waals surface area contributed by atoms with Gasteiger partial charge in [0.05, 0.1) is 18.6 Å². The summed E-state index contributed by atoms with van der Waals surface area (Å²) in [7, 11) is 1.98. The number of benzene rings is 1. The van der Waals surface area contributed by atoms with E-state index in [1.807, 2.05) is 32.3 Å². The Balaban J connectivity index is 1.45. The molecule has 2 aromatic heterocycles. The normalized spacial score (nSPS) is 17.8. The van der Waals surface area contributed by atoms with E-state index in [9.17, 15) is 18.4 Å². The third-order valence-electron chi connectivity index (χ3n) is 5.49. The second-order valence-electron chi connectivity index (χ2n) is 8.43. The first-order valence-corrected chi connectivity index (χ1v) is 11.2. The molecule has 33 heavy (non-hydrogen) atoms. The smallest absolute Gasteiger partial charge is 0.263 e. The third-order valence-corrected chi connectivity index (χ3v) is 6.61. The van der Waals surface area contributed by atoms with Crippen molar-refractivity contribution in [3.05, 3.63) is 97.7 Å². The fourth-order valence-corrected chi connectivity index (χ4v) is 5.01. The number of aromatic nitrogens is 1. The van der Waals surface area contributed by atoms with Crippen molar-refractivity contribution in [3.8, 4) is 0 Å². The number of hydrogen-bond donors (Lipinski definition) is 2. The van der Waals surface area contributed by atoms with Gasteiger partial charge in [0, 0.05) is 41.3 Å². The van der Waals surface area contributed by atoms with Gasteiger partial charge in [-0.1, -0.05) is 6.07 Å². The molecule has 1 aliphatic rings. The zero-order valence-corrected chi connectivity index (χ0v) is 19.1. The van der Waals surface area contributed by atoms with Crippen molar-refractivity contribution in [3.63, 3.8) is 0 Å². The van der Waals surface area contributed by atoms with Crippen LogP contribution >= 0.6 is 11.3 Å². The second-order valence-corrected chi connectivity index (χ2v) is 9.60. The maximum absolute atomic E-state index is 13.5. The van der Waals surface area contributed by atoms with Crippen LogP contribution in [0.4, 0.5) is 8.78 Å². The molecule has 1 aliphatic heterocycles. The Hall–Kier alpha value is -3.30. The van der Waals surface area contributed by atoms with Crippen LogP contribution in [0.3, 0.4) is 0 Å². The summed E-state index contributed by atoms with van der Waals surface area (Å²) in [5.41, 5.74) is 6.90. The predicted molar refractivity (Wildman–Crippen MR) is 125 cm³/mol. The SMILES string of the molecule is CN1C=C(c2ccc(CNC(=O)c3cccn(Cc4ccc(F)c(F)c4)c3=O)s2)C(C)(N)C1. The molecule has 4 rings (SSSR count). The van der Waals surface area contributed by atoms with Crippen molar-refractivity contribution >= 4 is 22.8 Å². The van der Waals surface area contributed by atoms with Crippen LogP contribution in [0, 0.1) is 11.6 Å². The largest absolute Gasteiger partial charge is 0.378 e. The quantitative estimate of drug-likeness (QED) is 0.580. The summed E-state index contributed by atoms with van der Waals surface area (Å²) in [5, 5.41) is 2.78. The van der Waals surface area contributed by atoms with Crippen LogP contribution in [0.2, 0.25) is 0 Å². The number of nitrogens with one attached hydrogen (secondary N) is 1. The van der Waals surface area contributed by atoms with Crippen molar-refractivity contribution in [2.75, 3.05) is 13.6 Å². The molecule has 3 aromatic rings. The number of rotatable bonds is 6. The van der Waals surface area contributed by atoms with Crippen molar-refractivity contribution in [1.82, 2.24) is 14.8 Å². The molecule has 3 N–H and O–H groups in total. The van der Waals surface area contributed by atoms with Crippen molar-refractivity contribution < 1.29 is 13.6 Å². The lowest BCUT2D eigenvalue weighted by atomic mass is 9.95. The average Bonchev–Trinajstić information content (AvgIpc) is 3.33. The zero-order chi connectivity index (χ0) is 23.8. The molecule has 0 bridgehead atoms. The van der Waals surface area contributed by atoms with Gasteiger partial charge in [0.15, 0.2) is 11.6 Å². The molecule has 1 unspecified atom stereocenters. The summed E-state index contributed by atoms with van der Waals surface area (Å²) in [6.45, 7) is 3.01. The van der Waals surface area contributed by atoms with Crippen molar-refractivity contribution in [1.29, 1.82) is 0 Å². The van der Waals surface area contributed by atoms with Crippen molar-refractivity contribution in [2.45, 2.75) is 25.6 Å². The van der Waals surface area contributed by atoms with Gasteiger partial charge in [-0.05, 0) is 48.9 Å². The average molecular weight is 471 g/mol. The predicted octanol–water partition coefficient (Wildman–Crippen LogP) is 3.17. The van der Waals surface area contributed by atoms with E-state index in [1.54, 1.807) is 17.4 Å². The molecular formula is C24H24F2N4O2S. The van der Waals surface area contributed by atoms with Crippen molar-refractivity contribution in [2.24, 2.45) is 5.73 Å². The van der Waals surface area contributed by atoms with Gasteiger partial charge in [-0.3, -0.25) is 9.59 Å². The maximum atomic E-state index is 13.5. The highest BCUT2D eigenvalue weighted by atomic mass is 32.1. The Morgan fingerprint density at radius 2 is 2.00 bits per heavy atom. The highest BCUT2D eigenvalue weighted by Crippen LogP contribution is 2.35. The van der Waals surface area contributed by atoms with E-state index < -0.39 is 28.6 Å². The summed E-state index contributed by atoms with van der Waals surface area (Å²) in [6.07, 6.45) is 3.54. The molecule has 6 nitrogen and oxygen atoms in total. The van der Waals surface area contributed by atoms with E-state index in [0.717, 1.165) is 34.0 Å². The zero-order valence-electron chi connectivity index (χ0n) is 18.3. The Labute approximate surface area is 194 Å². The van der Waals surface area contributed by atoms with E-state index in [-0.39, 0.29) is 18.7 Å². The molecule has 0 fully saturated rings. The molecule has 1 aromatic carbocycles. The Morgan fingerprint density at radius 3 is 2.70 bits per heavy atom. The third kappa shape index (κ3) is 4.89. The molecule has 1 atom stereocenters. The van der Waals surface area contributed by atoms with Gasteiger partial charge in [0.25, 0.3) is 11.5 Å². The molecule has 0 saturated heterocycles. The topological polar surface area (TPSA) is 80.4 Å². The minimum Gasteiger partial charge on any atom is -0.378 e. The number of carbonyl (C=O) groups excluding carboxylic acids is 1. The van der Waals surface area contributed by atoms with Crippen LogP contribution in [-0.4, -0.2) is 34.5 Å². The number of nitrogens with zero attached hydrogens (tertiary/aromatic N) is 2. The first-order valence-electron chi connectivity index (χ1n) is 10.4. The van der Waals surface area contributed by atoms with Gasteiger partial charge >= 0.3 is 0 Å². The fourth-order valence-electron chi connectivity index (χ4n) is 3.91. The van der Waals surface area contributed by atoms with Crippen LogP contribution in [0.1, 0.15) is 32.6 Å². The van der Waals surface area contributed by atoms with Crippen LogP contribution in [0.15, 0.2) is 59.7 Å². The van der Waals surface area contributed by atoms with Gasteiger partial charge < -0.3 is 20.5 Å². The van der Waals surface area contributed by atoms with Gasteiger partial charge in [-0.15, -0.1) is 11.3 Å². The van der Waals surface area contributed by atoms with Crippen LogP contribution in [0.5, 0.6) is 0 Å². The highest BCUT2D eigenvalue weighted by molar-refractivity contribution is 7.13. The molecule has 3 heterocycles. The number of thiophene rings is 1. The number of hydrogen-bond acceptors (Lipinski definition) is 5. The minimum absolute atomic E-state index is 0.0207. The monoisotopic (exact) mass is 470 g/mol. The summed E-state index contributed by atoms with van der Waals surface area (Å²) < 4.78 is 27.9. The standard InChI is InChI=1S/C24H24F2N4O2S/c1-24(27)14-29(2)13-18(24)21-8-6-16(33-21)11-28-22(31)17-4-3-9-30(23(17)32)12-15-5-7-19(25)20(26)10-15/h3-10,13H,11-12,14,27H2,1-2H3,(H,28,31). The lowest BCUT2D eigenvalue weighted by molar-refractivity contribution is 0.0949. The number of nitrogens with two attached hydrogens (primary N) is 1. The minimum atomic E-state index is -0.986. The molecular weight excluding hydrogens is 446 g/mol. The number of halogens is 2. The molecule has 1 amide bonds. The molecule has 0 saturated carbocycles. The summed E-state index contributed by atoms with van der Waals surface area (Å²) in [6, 6.07) is 10.4. The first-order chi connectivity index (χ1) is 15.6. The Kier molecular flexibility index (Phi) is 6.18. The molecule has 0 aliphatic carbocycles. The van der Waals surface area contributed by atoms with Gasteiger partial charge in [-0.2, -0.15) is 0 Å². The number of pyridine rings is 1. The van der Waals surface area contributed by atoms with E-state index in [1.165, 1.54) is 22.9 Å². The van der Waals surface area contributed by atoms with Crippen LogP contribution < -0.4 is 16.6 Å². The van der Waals surface area contributed by atoms with E-state index in [2.05, 4.69) is 10.2 Å². The Morgan fingerprint density at radius 1 is 1.21 bits per heavy atom. The summed E-state index contributed by atoms with van der Waals surface area (Å²) in [4.78, 5) is 29.5. The molecule has 9 heteroatoms. The van der Waals surface area contributed by atoms with E-state index >= 15 is 0 Å². The molecule has 0 spiro atoms. The molecule has 0 radical (unpaired) electrons. The Bertz CT molecular complexity index is 1300. The van der Waals surface area contributed by atoms with Crippen LogP contribution in [0.25, 0.3) is 5.57 Å². The van der Waals surface area contributed by atoms with Gasteiger partial charge in [0.1, 0.15) is 5.56 Å². The molecule has 172 valence electrons. The highest BCUT2D eigenvalue weighted by Gasteiger charge is 2.32. The number of carbonyl (C=O) groups is 1. The van der Waals surface area contributed by atoms with E-state index in [0.29, 0.717) is 5.56 Å². The van der Waals surface area contributed by atoms with Crippen LogP contribution in [-0.2, 0) is 13.1 Å². The number of amides is 1. The lowest BCUT2D eigenvalue weighted by Gasteiger charge is -2.22.